The van der Waals surface area contributed by atoms with Crippen molar-refractivity contribution < 1.29 is 14.6 Å². The van der Waals surface area contributed by atoms with Gasteiger partial charge in [-0.3, -0.25) is 4.79 Å². The van der Waals surface area contributed by atoms with E-state index in [0.29, 0.717) is 0 Å². The molecule has 15 heavy (non-hydrogen) atoms. The molecule has 0 aromatic carbocycles. The fraction of sp³-hybridized carbons (Fsp3) is 0.917. The summed E-state index contributed by atoms with van der Waals surface area (Å²) in [6.07, 6.45) is 2.39. The first-order valence-corrected chi connectivity index (χ1v) is 5.63. The summed E-state index contributed by atoms with van der Waals surface area (Å²) >= 11 is 0. The number of ether oxygens (including phenoxy) is 1. The van der Waals surface area contributed by atoms with Crippen LogP contribution in [0.5, 0.6) is 0 Å². The summed E-state index contributed by atoms with van der Waals surface area (Å²) in [6.45, 7) is 11.9. The predicted molar refractivity (Wildman–Crippen MR) is 63.0 cm³/mol. The summed E-state index contributed by atoms with van der Waals surface area (Å²) in [5.74, 6) is 0.711. The van der Waals surface area contributed by atoms with Gasteiger partial charge in [-0.2, -0.15) is 0 Å². The number of rotatable bonds is 6. The van der Waals surface area contributed by atoms with Crippen molar-refractivity contribution in [1.29, 1.82) is 0 Å². The van der Waals surface area contributed by atoms with Crippen LogP contribution in [0, 0.1) is 11.8 Å². The third kappa shape index (κ3) is 31.8. The highest BCUT2D eigenvalue weighted by Gasteiger charge is 1.95. The lowest BCUT2D eigenvalue weighted by Gasteiger charge is -2.07. The molecule has 0 fully saturated rings. The van der Waals surface area contributed by atoms with E-state index in [1.807, 2.05) is 0 Å². The smallest absolute Gasteiger partial charge is 0.300 e. The van der Waals surface area contributed by atoms with Crippen molar-refractivity contribution in [3.05, 3.63) is 0 Å². The van der Waals surface area contributed by atoms with Crippen LogP contribution in [0.1, 0.15) is 47.5 Å². The largest absolute Gasteiger partial charge is 0.481 e. The summed E-state index contributed by atoms with van der Waals surface area (Å²) < 4.78 is 5.46. The molecule has 0 atom stereocenters. The first-order valence-electron chi connectivity index (χ1n) is 5.63. The van der Waals surface area contributed by atoms with Crippen molar-refractivity contribution in [1.82, 2.24) is 0 Å². The molecule has 0 aliphatic rings. The third-order valence-electron chi connectivity index (χ3n) is 1.68. The number of hydrogen-bond acceptors (Lipinski definition) is 2. The van der Waals surface area contributed by atoms with Crippen molar-refractivity contribution in [2.45, 2.75) is 47.5 Å². The van der Waals surface area contributed by atoms with Gasteiger partial charge in [-0.25, -0.2) is 0 Å². The van der Waals surface area contributed by atoms with Crippen molar-refractivity contribution >= 4 is 5.97 Å². The van der Waals surface area contributed by atoms with Crippen LogP contribution in [0.25, 0.3) is 0 Å². The summed E-state index contributed by atoms with van der Waals surface area (Å²) in [4.78, 5) is 9.00. The van der Waals surface area contributed by atoms with Gasteiger partial charge >= 0.3 is 0 Å². The van der Waals surface area contributed by atoms with Gasteiger partial charge in [0.2, 0.25) is 0 Å². The SMILES string of the molecule is CC(=O)O.CC(C)CCOCCC(C)C. The topological polar surface area (TPSA) is 46.5 Å². The van der Waals surface area contributed by atoms with Crippen LogP contribution in [0.3, 0.4) is 0 Å². The van der Waals surface area contributed by atoms with Gasteiger partial charge < -0.3 is 9.84 Å². The number of carbonyl (C=O) groups is 1. The number of aliphatic carboxylic acids is 1. The maximum absolute atomic E-state index is 9.00. The molecule has 3 nitrogen and oxygen atoms in total. The van der Waals surface area contributed by atoms with Gasteiger partial charge in [0.25, 0.3) is 5.97 Å². The molecule has 0 aliphatic heterocycles. The average molecular weight is 218 g/mol. The second-order valence-corrected chi connectivity index (χ2v) is 4.50. The molecule has 0 spiro atoms. The van der Waals surface area contributed by atoms with Gasteiger partial charge in [0.1, 0.15) is 0 Å². The van der Waals surface area contributed by atoms with Crippen molar-refractivity contribution in [3.63, 3.8) is 0 Å². The van der Waals surface area contributed by atoms with E-state index in [9.17, 15) is 0 Å². The van der Waals surface area contributed by atoms with E-state index >= 15 is 0 Å². The van der Waals surface area contributed by atoms with Crippen molar-refractivity contribution in [2.75, 3.05) is 13.2 Å². The maximum Gasteiger partial charge on any atom is 0.300 e. The average Bonchev–Trinajstić information content (AvgIpc) is 2.01. The molecule has 0 amide bonds. The predicted octanol–water partition coefficient (Wildman–Crippen LogP) is 3.19. The molecule has 0 saturated heterocycles. The van der Waals surface area contributed by atoms with E-state index in [1.54, 1.807) is 0 Å². The van der Waals surface area contributed by atoms with Gasteiger partial charge in [-0.05, 0) is 24.7 Å². The molecule has 0 unspecified atom stereocenters. The van der Waals surface area contributed by atoms with E-state index in [2.05, 4.69) is 27.7 Å². The highest BCUT2D eigenvalue weighted by atomic mass is 16.5. The zero-order valence-corrected chi connectivity index (χ0v) is 10.7. The molecule has 0 aromatic rings. The molecule has 0 bridgehead atoms. The fourth-order valence-corrected chi connectivity index (χ4v) is 0.740. The lowest BCUT2D eigenvalue weighted by molar-refractivity contribution is -0.134. The minimum absolute atomic E-state index is 0.772. The first kappa shape index (κ1) is 16.8. The highest BCUT2D eigenvalue weighted by Crippen LogP contribution is 2.02. The van der Waals surface area contributed by atoms with Crippen LogP contribution in [-0.4, -0.2) is 24.3 Å². The van der Waals surface area contributed by atoms with Gasteiger partial charge in [0, 0.05) is 20.1 Å². The molecule has 0 saturated carbocycles. The Kier molecular flexibility index (Phi) is 12.9. The lowest BCUT2D eigenvalue weighted by atomic mass is 10.1. The fourth-order valence-electron chi connectivity index (χ4n) is 0.740. The number of carboxylic acids is 1. The lowest BCUT2D eigenvalue weighted by Crippen LogP contribution is -2.02. The normalized spacial score (nSPS) is 10.1. The van der Waals surface area contributed by atoms with E-state index in [1.165, 1.54) is 12.8 Å². The molecule has 92 valence electrons. The first-order chi connectivity index (χ1) is 6.86. The van der Waals surface area contributed by atoms with Gasteiger partial charge in [-0.1, -0.05) is 27.7 Å². The van der Waals surface area contributed by atoms with Crippen LogP contribution in [0.15, 0.2) is 0 Å². The number of hydrogen-bond donors (Lipinski definition) is 1. The van der Waals surface area contributed by atoms with E-state index in [-0.39, 0.29) is 0 Å². The Labute approximate surface area is 93.8 Å². The zero-order chi connectivity index (χ0) is 12.3. The molecule has 0 heterocycles. The van der Waals surface area contributed by atoms with Crippen LogP contribution in [0.2, 0.25) is 0 Å². The second kappa shape index (κ2) is 11.5. The van der Waals surface area contributed by atoms with Gasteiger partial charge in [0.05, 0.1) is 0 Å². The summed E-state index contributed by atoms with van der Waals surface area (Å²) in [7, 11) is 0. The van der Waals surface area contributed by atoms with Crippen molar-refractivity contribution in [3.8, 4) is 0 Å². The third-order valence-corrected chi connectivity index (χ3v) is 1.68. The Hall–Kier alpha value is -0.570. The summed E-state index contributed by atoms with van der Waals surface area (Å²) in [5, 5.41) is 7.42. The monoisotopic (exact) mass is 218 g/mol. The maximum atomic E-state index is 9.00. The highest BCUT2D eigenvalue weighted by molar-refractivity contribution is 5.62. The van der Waals surface area contributed by atoms with Gasteiger partial charge in [-0.15, -0.1) is 0 Å². The molecular weight excluding hydrogens is 192 g/mol. The molecule has 0 radical (unpaired) electrons. The summed E-state index contributed by atoms with van der Waals surface area (Å²) in [5.41, 5.74) is 0. The Balaban J connectivity index is 0. The zero-order valence-electron chi connectivity index (χ0n) is 10.7. The Bertz CT molecular complexity index is 128. The van der Waals surface area contributed by atoms with Crippen molar-refractivity contribution in [2.24, 2.45) is 11.8 Å². The van der Waals surface area contributed by atoms with E-state index in [4.69, 9.17) is 14.6 Å². The molecular formula is C12H26O3. The van der Waals surface area contributed by atoms with Crippen LogP contribution in [-0.2, 0) is 9.53 Å². The van der Waals surface area contributed by atoms with Crippen LogP contribution < -0.4 is 0 Å². The Morgan fingerprint density at radius 3 is 1.53 bits per heavy atom. The van der Waals surface area contributed by atoms with Gasteiger partial charge in [0.15, 0.2) is 0 Å². The number of carboxylic acid groups (broad SMARTS) is 1. The molecule has 3 heteroatoms. The molecule has 1 N–H and O–H groups in total. The quantitative estimate of drug-likeness (QED) is 0.696. The molecule has 0 rings (SSSR count). The Morgan fingerprint density at radius 2 is 1.33 bits per heavy atom. The standard InChI is InChI=1S/C10H22O.C2H4O2/c1-9(2)5-7-11-8-6-10(3)4;1-2(3)4/h9-10H,5-8H2,1-4H3;1H3,(H,3,4). The minimum Gasteiger partial charge on any atom is -0.481 e. The molecule has 0 aromatic heterocycles. The molecule has 0 aliphatic carbocycles. The van der Waals surface area contributed by atoms with Crippen LogP contribution in [0.4, 0.5) is 0 Å². The van der Waals surface area contributed by atoms with Crippen LogP contribution >= 0.6 is 0 Å². The van der Waals surface area contributed by atoms with E-state index in [0.717, 1.165) is 32.0 Å². The Morgan fingerprint density at radius 1 is 1.07 bits per heavy atom. The van der Waals surface area contributed by atoms with E-state index < -0.39 is 5.97 Å². The summed E-state index contributed by atoms with van der Waals surface area (Å²) in [6, 6.07) is 0. The second-order valence-electron chi connectivity index (χ2n) is 4.50. The minimum atomic E-state index is -0.833.